The molecule has 2 amide bonds. The van der Waals surface area contributed by atoms with Crippen LogP contribution in [0.2, 0.25) is 0 Å². The van der Waals surface area contributed by atoms with Gasteiger partial charge < -0.3 is 26.5 Å². The largest absolute Gasteiger partial charge is 0.411 e. The number of rotatable bonds is 5. The van der Waals surface area contributed by atoms with E-state index in [-0.39, 0.29) is 11.3 Å². The van der Waals surface area contributed by atoms with E-state index in [1.165, 1.54) is 12.1 Å². The lowest BCUT2D eigenvalue weighted by atomic mass is 10.0. The SMILES string of the molecule is NC(=O)C(O)C(O)c1ccccc1NC(=O)C=NO. The second-order valence-electron chi connectivity index (χ2n) is 3.61. The molecule has 0 aliphatic rings. The summed E-state index contributed by atoms with van der Waals surface area (Å²) in [7, 11) is 0. The van der Waals surface area contributed by atoms with Crippen LogP contribution in [0.1, 0.15) is 11.7 Å². The lowest BCUT2D eigenvalue weighted by Gasteiger charge is -2.18. The van der Waals surface area contributed by atoms with Crippen molar-refractivity contribution in [2.45, 2.75) is 12.2 Å². The van der Waals surface area contributed by atoms with Crippen LogP contribution in [0.4, 0.5) is 5.69 Å². The Balaban J connectivity index is 3.01. The zero-order valence-corrected chi connectivity index (χ0v) is 9.72. The van der Waals surface area contributed by atoms with Gasteiger partial charge in [0.1, 0.15) is 12.3 Å². The number of nitrogens with zero attached hydrogens (tertiary/aromatic N) is 1. The Morgan fingerprint density at radius 2 is 1.95 bits per heavy atom. The first-order chi connectivity index (χ1) is 8.97. The molecule has 8 heteroatoms. The van der Waals surface area contributed by atoms with Gasteiger partial charge in [-0.3, -0.25) is 9.59 Å². The molecular formula is C11H13N3O5. The van der Waals surface area contributed by atoms with Crippen LogP contribution < -0.4 is 11.1 Å². The summed E-state index contributed by atoms with van der Waals surface area (Å²) in [4.78, 5) is 22.1. The first kappa shape index (κ1) is 14.6. The molecule has 0 radical (unpaired) electrons. The molecule has 1 aromatic rings. The fourth-order valence-electron chi connectivity index (χ4n) is 1.41. The molecule has 0 fully saturated rings. The van der Waals surface area contributed by atoms with Gasteiger partial charge in [0.05, 0.1) is 0 Å². The summed E-state index contributed by atoms with van der Waals surface area (Å²) < 4.78 is 0. The van der Waals surface area contributed by atoms with Crippen molar-refractivity contribution in [3.63, 3.8) is 0 Å². The third kappa shape index (κ3) is 3.76. The molecule has 8 nitrogen and oxygen atoms in total. The van der Waals surface area contributed by atoms with Crippen LogP contribution in [-0.4, -0.2) is 39.6 Å². The molecule has 2 unspecified atom stereocenters. The number of hydrogen-bond donors (Lipinski definition) is 5. The molecule has 0 heterocycles. The molecule has 1 aromatic carbocycles. The molecule has 19 heavy (non-hydrogen) atoms. The van der Waals surface area contributed by atoms with E-state index in [1.807, 2.05) is 0 Å². The Labute approximate surface area is 108 Å². The van der Waals surface area contributed by atoms with E-state index in [1.54, 1.807) is 12.1 Å². The van der Waals surface area contributed by atoms with Gasteiger partial charge in [-0.1, -0.05) is 23.4 Å². The van der Waals surface area contributed by atoms with E-state index < -0.39 is 24.0 Å². The van der Waals surface area contributed by atoms with Crippen LogP contribution in [0.3, 0.4) is 0 Å². The second kappa shape index (κ2) is 6.47. The monoisotopic (exact) mass is 267 g/mol. The number of amides is 2. The summed E-state index contributed by atoms with van der Waals surface area (Å²) in [5, 5.41) is 32.3. The van der Waals surface area contributed by atoms with Gasteiger partial charge in [0, 0.05) is 11.3 Å². The number of anilines is 1. The van der Waals surface area contributed by atoms with Gasteiger partial charge in [-0.05, 0) is 6.07 Å². The number of nitrogens with two attached hydrogens (primary N) is 1. The highest BCUT2D eigenvalue weighted by Crippen LogP contribution is 2.25. The second-order valence-corrected chi connectivity index (χ2v) is 3.61. The van der Waals surface area contributed by atoms with Crippen LogP contribution in [0, 0.1) is 0 Å². The molecule has 0 aliphatic carbocycles. The zero-order chi connectivity index (χ0) is 14.4. The summed E-state index contributed by atoms with van der Waals surface area (Å²) in [5.74, 6) is -1.83. The Morgan fingerprint density at radius 3 is 2.53 bits per heavy atom. The number of nitrogens with one attached hydrogen (secondary N) is 1. The van der Waals surface area contributed by atoms with Crippen molar-refractivity contribution in [2.75, 3.05) is 5.32 Å². The molecule has 0 bridgehead atoms. The van der Waals surface area contributed by atoms with Crippen LogP contribution in [0.25, 0.3) is 0 Å². The van der Waals surface area contributed by atoms with E-state index in [0.29, 0.717) is 6.21 Å². The minimum Gasteiger partial charge on any atom is -0.411 e. The standard InChI is InChI=1S/C11H13N3O5/c12-11(18)10(17)9(16)6-3-1-2-4-7(6)14-8(15)5-13-19/h1-5,9-10,16-17,19H,(H2,12,18)(H,14,15). The average molecular weight is 267 g/mol. The normalized spacial score (nSPS) is 14.0. The molecule has 102 valence electrons. The molecule has 0 aromatic heterocycles. The van der Waals surface area contributed by atoms with E-state index in [0.717, 1.165) is 0 Å². The summed E-state index contributed by atoms with van der Waals surface area (Å²) >= 11 is 0. The maximum Gasteiger partial charge on any atom is 0.270 e. The summed E-state index contributed by atoms with van der Waals surface area (Å²) in [6, 6.07) is 5.96. The predicted molar refractivity (Wildman–Crippen MR) is 65.5 cm³/mol. The summed E-state index contributed by atoms with van der Waals surface area (Å²) in [6.45, 7) is 0. The van der Waals surface area contributed by atoms with Crippen LogP contribution in [0.15, 0.2) is 29.4 Å². The van der Waals surface area contributed by atoms with Gasteiger partial charge in [-0.15, -0.1) is 0 Å². The predicted octanol–water partition coefficient (Wildman–Crippen LogP) is -1.04. The first-order valence-corrected chi connectivity index (χ1v) is 5.20. The van der Waals surface area contributed by atoms with Gasteiger partial charge in [-0.25, -0.2) is 0 Å². The topological polar surface area (TPSA) is 145 Å². The van der Waals surface area contributed by atoms with Crippen molar-refractivity contribution in [3.8, 4) is 0 Å². The molecule has 0 aliphatic heterocycles. The number of benzene rings is 1. The molecule has 1 rings (SSSR count). The highest BCUT2D eigenvalue weighted by Gasteiger charge is 2.25. The Kier molecular flexibility index (Phi) is 4.98. The van der Waals surface area contributed by atoms with Crippen molar-refractivity contribution in [3.05, 3.63) is 29.8 Å². The molecule has 6 N–H and O–H groups in total. The van der Waals surface area contributed by atoms with Crippen molar-refractivity contribution >= 4 is 23.7 Å². The van der Waals surface area contributed by atoms with E-state index >= 15 is 0 Å². The summed E-state index contributed by atoms with van der Waals surface area (Å²) in [5.41, 5.74) is 5.14. The van der Waals surface area contributed by atoms with Crippen molar-refractivity contribution in [1.82, 2.24) is 0 Å². The maximum atomic E-state index is 11.2. The lowest BCUT2D eigenvalue weighted by Crippen LogP contribution is -2.34. The number of hydrogen-bond acceptors (Lipinski definition) is 6. The van der Waals surface area contributed by atoms with Gasteiger partial charge >= 0.3 is 0 Å². The van der Waals surface area contributed by atoms with Crippen molar-refractivity contribution in [2.24, 2.45) is 10.9 Å². The minimum atomic E-state index is -1.80. The van der Waals surface area contributed by atoms with Gasteiger partial charge in [0.2, 0.25) is 5.91 Å². The fraction of sp³-hybridized carbons (Fsp3) is 0.182. The number of aliphatic hydroxyl groups is 2. The van der Waals surface area contributed by atoms with E-state index in [9.17, 15) is 19.8 Å². The number of carbonyl (C=O) groups is 2. The van der Waals surface area contributed by atoms with Crippen LogP contribution >= 0.6 is 0 Å². The van der Waals surface area contributed by atoms with E-state index in [2.05, 4.69) is 10.5 Å². The quantitative estimate of drug-likeness (QED) is 0.263. The lowest BCUT2D eigenvalue weighted by molar-refractivity contribution is -0.131. The van der Waals surface area contributed by atoms with Gasteiger partial charge in [0.15, 0.2) is 6.10 Å². The number of carbonyl (C=O) groups excluding carboxylic acids is 2. The number of primary amides is 1. The number of para-hydroxylation sites is 1. The van der Waals surface area contributed by atoms with Crippen LogP contribution in [0.5, 0.6) is 0 Å². The maximum absolute atomic E-state index is 11.2. The third-order valence-corrected chi connectivity index (χ3v) is 2.30. The molecule has 0 saturated carbocycles. The molecule has 0 spiro atoms. The highest BCUT2D eigenvalue weighted by molar-refractivity contribution is 6.31. The Hall–Kier alpha value is -2.45. The first-order valence-electron chi connectivity index (χ1n) is 5.20. The number of oxime groups is 1. The smallest absolute Gasteiger partial charge is 0.270 e. The van der Waals surface area contributed by atoms with Gasteiger partial charge in [-0.2, -0.15) is 0 Å². The third-order valence-electron chi connectivity index (χ3n) is 2.30. The molecule has 2 atom stereocenters. The number of aliphatic hydroxyl groups excluding tert-OH is 2. The van der Waals surface area contributed by atoms with Crippen LogP contribution in [-0.2, 0) is 9.59 Å². The van der Waals surface area contributed by atoms with Crippen molar-refractivity contribution < 1.29 is 25.0 Å². The molecular weight excluding hydrogens is 254 g/mol. The summed E-state index contributed by atoms with van der Waals surface area (Å²) in [6.07, 6.45) is -2.77. The zero-order valence-electron chi connectivity index (χ0n) is 9.72. The highest BCUT2D eigenvalue weighted by atomic mass is 16.4. The van der Waals surface area contributed by atoms with Crippen molar-refractivity contribution in [1.29, 1.82) is 0 Å². The fourth-order valence-corrected chi connectivity index (χ4v) is 1.41. The van der Waals surface area contributed by atoms with E-state index in [4.69, 9.17) is 10.9 Å². The Bertz CT molecular complexity index is 503. The van der Waals surface area contributed by atoms with Gasteiger partial charge in [0.25, 0.3) is 5.91 Å². The molecule has 0 saturated heterocycles. The Morgan fingerprint density at radius 1 is 1.32 bits per heavy atom. The minimum absolute atomic E-state index is 0.105. The average Bonchev–Trinajstić information content (AvgIpc) is 2.37.